The van der Waals surface area contributed by atoms with Crippen molar-refractivity contribution >= 4 is 5.82 Å². The van der Waals surface area contributed by atoms with Gasteiger partial charge in [0.25, 0.3) is 0 Å². The van der Waals surface area contributed by atoms with Gasteiger partial charge < -0.3 is 10.2 Å². The van der Waals surface area contributed by atoms with Gasteiger partial charge in [-0.05, 0) is 36.4 Å². The number of nitrogens with zero attached hydrogens (tertiary/aromatic N) is 3. The van der Waals surface area contributed by atoms with Crippen LogP contribution in [0.1, 0.15) is 5.56 Å². The van der Waals surface area contributed by atoms with Crippen LogP contribution >= 0.6 is 0 Å². The second-order valence-corrected chi connectivity index (χ2v) is 4.92. The molecule has 2 heterocycles. The van der Waals surface area contributed by atoms with Crippen LogP contribution in [0.4, 0.5) is 10.2 Å². The molecule has 1 aromatic heterocycles. The van der Waals surface area contributed by atoms with E-state index in [2.05, 4.69) is 21.3 Å². The van der Waals surface area contributed by atoms with Gasteiger partial charge >= 0.3 is 0 Å². The fourth-order valence-corrected chi connectivity index (χ4v) is 2.43. The molecule has 1 saturated heterocycles. The highest BCUT2D eigenvalue weighted by atomic mass is 19.1. The van der Waals surface area contributed by atoms with Gasteiger partial charge in [-0.15, -0.1) is 0 Å². The van der Waals surface area contributed by atoms with Gasteiger partial charge in [-0.25, -0.2) is 9.37 Å². The van der Waals surface area contributed by atoms with Gasteiger partial charge in [-0.3, -0.25) is 0 Å². The first kappa shape index (κ1) is 13.5. The first-order valence-corrected chi connectivity index (χ1v) is 6.91. The Morgan fingerprint density at radius 3 is 2.48 bits per heavy atom. The van der Waals surface area contributed by atoms with Crippen molar-refractivity contribution in [3.63, 3.8) is 0 Å². The quantitative estimate of drug-likeness (QED) is 0.917. The van der Waals surface area contributed by atoms with Crippen molar-refractivity contribution in [2.24, 2.45) is 0 Å². The molecule has 106 valence electrons. The Morgan fingerprint density at radius 2 is 1.81 bits per heavy atom. The van der Waals surface area contributed by atoms with Crippen LogP contribution in [0.15, 0.2) is 36.4 Å². The molecule has 0 bridgehead atoms. The van der Waals surface area contributed by atoms with Crippen LogP contribution in [0.2, 0.25) is 0 Å². The lowest BCUT2D eigenvalue weighted by atomic mass is 10.1. The number of pyridine rings is 1. The standard InChI is InChI=1S/C16H15FN4/c17-14-4-1-12(2-5-14)15-6-3-13(11-18)16(20-15)21-9-7-19-8-10-21/h1-6,19H,7-10H2. The Morgan fingerprint density at radius 1 is 1.10 bits per heavy atom. The lowest BCUT2D eigenvalue weighted by molar-refractivity contribution is 0.585. The lowest BCUT2D eigenvalue weighted by Crippen LogP contribution is -2.44. The van der Waals surface area contributed by atoms with E-state index in [0.717, 1.165) is 37.4 Å². The van der Waals surface area contributed by atoms with Crippen molar-refractivity contribution in [2.45, 2.75) is 0 Å². The number of benzene rings is 1. The van der Waals surface area contributed by atoms with Crippen molar-refractivity contribution in [3.8, 4) is 17.3 Å². The van der Waals surface area contributed by atoms with Crippen LogP contribution in [0, 0.1) is 17.1 Å². The maximum Gasteiger partial charge on any atom is 0.147 e. The van der Waals surface area contributed by atoms with Crippen molar-refractivity contribution in [1.29, 1.82) is 5.26 Å². The molecule has 0 amide bonds. The number of anilines is 1. The van der Waals surface area contributed by atoms with Gasteiger partial charge in [-0.1, -0.05) is 0 Å². The molecule has 1 N–H and O–H groups in total. The topological polar surface area (TPSA) is 52.0 Å². The third-order valence-corrected chi connectivity index (χ3v) is 3.55. The van der Waals surface area contributed by atoms with Crippen LogP contribution in [0.3, 0.4) is 0 Å². The Hall–Kier alpha value is -2.45. The highest BCUT2D eigenvalue weighted by Gasteiger charge is 2.16. The number of rotatable bonds is 2. The third kappa shape index (κ3) is 2.86. The molecular weight excluding hydrogens is 267 g/mol. The zero-order valence-electron chi connectivity index (χ0n) is 11.5. The normalized spacial score (nSPS) is 14.8. The molecule has 1 aliphatic heterocycles. The fraction of sp³-hybridized carbons (Fsp3) is 0.250. The molecule has 1 aliphatic rings. The summed E-state index contributed by atoms with van der Waals surface area (Å²) < 4.78 is 13.0. The minimum absolute atomic E-state index is 0.269. The van der Waals surface area contributed by atoms with Crippen molar-refractivity contribution < 1.29 is 4.39 Å². The zero-order chi connectivity index (χ0) is 14.7. The lowest BCUT2D eigenvalue weighted by Gasteiger charge is -2.29. The highest BCUT2D eigenvalue weighted by molar-refractivity contribution is 5.65. The van der Waals surface area contributed by atoms with Crippen LogP contribution in [-0.4, -0.2) is 31.2 Å². The molecule has 2 aromatic rings. The molecule has 0 radical (unpaired) electrons. The van der Waals surface area contributed by atoms with E-state index in [1.807, 2.05) is 0 Å². The summed E-state index contributed by atoms with van der Waals surface area (Å²) >= 11 is 0. The maximum absolute atomic E-state index is 13.0. The van der Waals surface area contributed by atoms with E-state index in [1.165, 1.54) is 12.1 Å². The Bertz CT molecular complexity index is 670. The average Bonchev–Trinajstić information content (AvgIpc) is 2.56. The maximum atomic E-state index is 13.0. The number of piperazine rings is 1. The van der Waals surface area contributed by atoms with Crippen LogP contribution in [0.5, 0.6) is 0 Å². The van der Waals surface area contributed by atoms with E-state index in [0.29, 0.717) is 11.4 Å². The number of hydrogen-bond acceptors (Lipinski definition) is 4. The molecule has 0 saturated carbocycles. The van der Waals surface area contributed by atoms with Crippen LogP contribution < -0.4 is 10.2 Å². The van der Waals surface area contributed by atoms with E-state index < -0.39 is 0 Å². The van der Waals surface area contributed by atoms with E-state index in [1.54, 1.807) is 24.3 Å². The van der Waals surface area contributed by atoms with Crippen molar-refractivity contribution in [1.82, 2.24) is 10.3 Å². The van der Waals surface area contributed by atoms with Gasteiger partial charge in [0.2, 0.25) is 0 Å². The number of hydrogen-bond donors (Lipinski definition) is 1. The minimum Gasteiger partial charge on any atom is -0.353 e. The van der Waals surface area contributed by atoms with Crippen LogP contribution in [0.25, 0.3) is 11.3 Å². The minimum atomic E-state index is -0.269. The number of halogens is 1. The first-order chi connectivity index (χ1) is 10.3. The summed E-state index contributed by atoms with van der Waals surface area (Å²) in [5.74, 6) is 0.440. The molecule has 5 heteroatoms. The molecule has 0 aliphatic carbocycles. The summed E-state index contributed by atoms with van der Waals surface area (Å²) in [6.07, 6.45) is 0. The Labute approximate surface area is 122 Å². The van der Waals surface area contributed by atoms with Gasteiger partial charge in [-0.2, -0.15) is 5.26 Å². The van der Waals surface area contributed by atoms with Gasteiger partial charge in [0.05, 0.1) is 11.3 Å². The largest absolute Gasteiger partial charge is 0.353 e. The SMILES string of the molecule is N#Cc1ccc(-c2ccc(F)cc2)nc1N1CCNCC1. The smallest absolute Gasteiger partial charge is 0.147 e. The molecule has 3 rings (SSSR count). The fourth-order valence-electron chi connectivity index (χ4n) is 2.43. The summed E-state index contributed by atoms with van der Waals surface area (Å²) in [5.41, 5.74) is 2.17. The summed E-state index contributed by atoms with van der Waals surface area (Å²) in [5, 5.41) is 12.5. The first-order valence-electron chi connectivity index (χ1n) is 6.91. The summed E-state index contributed by atoms with van der Waals surface area (Å²) in [6, 6.07) is 12.0. The molecular formula is C16H15FN4. The number of nitrogens with one attached hydrogen (secondary N) is 1. The average molecular weight is 282 g/mol. The number of nitriles is 1. The monoisotopic (exact) mass is 282 g/mol. The molecule has 0 atom stereocenters. The van der Waals surface area contributed by atoms with Gasteiger partial charge in [0.1, 0.15) is 17.7 Å². The number of aromatic nitrogens is 1. The van der Waals surface area contributed by atoms with E-state index in [9.17, 15) is 9.65 Å². The molecule has 0 unspecified atom stereocenters. The molecule has 1 fully saturated rings. The molecule has 21 heavy (non-hydrogen) atoms. The van der Waals surface area contributed by atoms with E-state index in [4.69, 9.17) is 0 Å². The molecule has 4 nitrogen and oxygen atoms in total. The zero-order valence-corrected chi connectivity index (χ0v) is 11.5. The Balaban J connectivity index is 2.00. The van der Waals surface area contributed by atoms with Crippen LogP contribution in [-0.2, 0) is 0 Å². The predicted molar refractivity (Wildman–Crippen MR) is 79.4 cm³/mol. The van der Waals surface area contributed by atoms with Crippen molar-refractivity contribution in [2.75, 3.05) is 31.1 Å². The van der Waals surface area contributed by atoms with Crippen molar-refractivity contribution in [3.05, 3.63) is 47.8 Å². The second kappa shape index (κ2) is 5.90. The predicted octanol–water partition coefficient (Wildman–Crippen LogP) is 2.17. The van der Waals surface area contributed by atoms with Gasteiger partial charge in [0, 0.05) is 31.7 Å². The van der Waals surface area contributed by atoms with E-state index >= 15 is 0 Å². The van der Waals surface area contributed by atoms with E-state index in [-0.39, 0.29) is 5.82 Å². The highest BCUT2D eigenvalue weighted by Crippen LogP contribution is 2.24. The molecule has 0 spiro atoms. The summed E-state index contributed by atoms with van der Waals surface area (Å²) in [4.78, 5) is 6.73. The second-order valence-electron chi connectivity index (χ2n) is 4.92. The summed E-state index contributed by atoms with van der Waals surface area (Å²) in [7, 11) is 0. The Kier molecular flexibility index (Phi) is 3.80. The molecule has 1 aromatic carbocycles. The summed E-state index contributed by atoms with van der Waals surface area (Å²) in [6.45, 7) is 3.42. The third-order valence-electron chi connectivity index (χ3n) is 3.55. The van der Waals surface area contributed by atoms with Gasteiger partial charge in [0.15, 0.2) is 0 Å².